The van der Waals surface area contributed by atoms with Gasteiger partial charge < -0.3 is 29.6 Å². The third-order valence-corrected chi connectivity index (χ3v) is 4.62. The number of methoxy groups -OCH3 is 1. The Morgan fingerprint density at radius 2 is 1.90 bits per heavy atom. The van der Waals surface area contributed by atoms with Crippen LogP contribution in [0.3, 0.4) is 0 Å². The number of ether oxygens (including phenoxy) is 4. The van der Waals surface area contributed by atoms with Crippen LogP contribution in [0.15, 0.2) is 41.4 Å². The molecule has 8 heteroatoms. The molecular formula is C23H32IN3O4. The maximum atomic E-state index is 5.98. The van der Waals surface area contributed by atoms with Crippen LogP contribution in [0.2, 0.25) is 0 Å². The third-order valence-electron chi connectivity index (χ3n) is 4.62. The number of guanidine groups is 1. The molecule has 0 atom stereocenters. The van der Waals surface area contributed by atoms with Gasteiger partial charge in [0.2, 0.25) is 6.79 Å². The fourth-order valence-electron chi connectivity index (χ4n) is 3.06. The molecule has 0 saturated heterocycles. The molecule has 3 rings (SSSR count). The molecule has 0 aliphatic carbocycles. The third kappa shape index (κ3) is 7.77. The minimum Gasteiger partial charge on any atom is -0.493 e. The Balaban J connectivity index is 0.00000341. The van der Waals surface area contributed by atoms with Gasteiger partial charge in [0.15, 0.2) is 17.5 Å². The fraction of sp³-hybridized carbons (Fsp3) is 0.435. The van der Waals surface area contributed by atoms with Crippen LogP contribution in [0.1, 0.15) is 30.0 Å². The van der Waals surface area contributed by atoms with Crippen molar-refractivity contribution < 1.29 is 18.9 Å². The lowest BCUT2D eigenvalue weighted by atomic mass is 10.1. The number of fused-ring (bicyclic) bond motifs is 1. The maximum Gasteiger partial charge on any atom is 0.231 e. The zero-order valence-electron chi connectivity index (χ0n) is 18.4. The Bertz CT molecular complexity index is 861. The first-order chi connectivity index (χ1) is 14.7. The van der Waals surface area contributed by atoms with Crippen molar-refractivity contribution in [3.8, 4) is 17.2 Å². The molecule has 1 heterocycles. The van der Waals surface area contributed by atoms with Crippen molar-refractivity contribution in [2.75, 3.05) is 33.7 Å². The molecule has 0 radical (unpaired) electrons. The Morgan fingerprint density at radius 1 is 1.06 bits per heavy atom. The predicted molar refractivity (Wildman–Crippen MR) is 133 cm³/mol. The molecule has 2 aromatic rings. The van der Waals surface area contributed by atoms with Crippen LogP contribution in [-0.4, -0.2) is 39.6 Å². The van der Waals surface area contributed by atoms with Crippen LogP contribution >= 0.6 is 24.0 Å². The second-order valence-corrected chi connectivity index (χ2v) is 7.04. The molecule has 0 fully saturated rings. The molecule has 2 aromatic carbocycles. The Kier molecular flexibility index (Phi) is 10.7. The Morgan fingerprint density at radius 3 is 2.71 bits per heavy atom. The van der Waals surface area contributed by atoms with Gasteiger partial charge in [0.25, 0.3) is 0 Å². The number of nitrogens with one attached hydrogen (secondary N) is 2. The van der Waals surface area contributed by atoms with Crippen LogP contribution < -0.4 is 24.8 Å². The Hall–Kier alpha value is -2.20. The molecule has 0 bridgehead atoms. The van der Waals surface area contributed by atoms with E-state index in [1.807, 2.05) is 25.1 Å². The summed E-state index contributed by atoms with van der Waals surface area (Å²) in [6, 6.07) is 12.2. The van der Waals surface area contributed by atoms with E-state index in [0.717, 1.165) is 47.3 Å². The van der Waals surface area contributed by atoms with Crippen LogP contribution in [0.25, 0.3) is 0 Å². The van der Waals surface area contributed by atoms with Crippen molar-refractivity contribution in [2.24, 2.45) is 4.99 Å². The van der Waals surface area contributed by atoms with Gasteiger partial charge in [-0.3, -0.25) is 0 Å². The van der Waals surface area contributed by atoms with Crippen molar-refractivity contribution in [1.82, 2.24) is 10.6 Å². The largest absolute Gasteiger partial charge is 0.493 e. The number of rotatable bonds is 10. The number of aryl methyl sites for hydroxylation is 1. The van der Waals surface area contributed by atoms with E-state index >= 15 is 0 Å². The summed E-state index contributed by atoms with van der Waals surface area (Å²) in [6.07, 6.45) is 0.858. The lowest BCUT2D eigenvalue weighted by Gasteiger charge is -2.15. The highest BCUT2D eigenvalue weighted by Gasteiger charge is 2.13. The molecule has 1 aliphatic rings. The summed E-state index contributed by atoms with van der Waals surface area (Å²) in [4.78, 5) is 4.70. The molecule has 7 nitrogen and oxygen atoms in total. The first-order valence-electron chi connectivity index (χ1n) is 10.3. The molecule has 31 heavy (non-hydrogen) atoms. The number of nitrogens with zero attached hydrogens (tertiary/aromatic N) is 1. The monoisotopic (exact) mass is 541 g/mol. The predicted octanol–water partition coefficient (Wildman–Crippen LogP) is 4.01. The lowest BCUT2D eigenvalue weighted by molar-refractivity contribution is 0.171. The van der Waals surface area contributed by atoms with Gasteiger partial charge in [-0.1, -0.05) is 18.2 Å². The van der Waals surface area contributed by atoms with Gasteiger partial charge in [0, 0.05) is 38.8 Å². The number of halogens is 1. The topological polar surface area (TPSA) is 73.3 Å². The van der Waals surface area contributed by atoms with Crippen LogP contribution in [-0.2, 0) is 17.8 Å². The van der Waals surface area contributed by atoms with E-state index in [0.29, 0.717) is 26.3 Å². The summed E-state index contributed by atoms with van der Waals surface area (Å²) in [5.41, 5.74) is 3.32. The number of aliphatic imine (C=N–C) groups is 1. The van der Waals surface area contributed by atoms with E-state index < -0.39 is 0 Å². The van der Waals surface area contributed by atoms with Gasteiger partial charge in [-0.25, -0.2) is 4.99 Å². The number of hydrogen-bond acceptors (Lipinski definition) is 5. The normalized spacial score (nSPS) is 12.3. The lowest BCUT2D eigenvalue weighted by Crippen LogP contribution is -2.36. The van der Waals surface area contributed by atoms with Crippen LogP contribution in [0, 0.1) is 6.92 Å². The second kappa shape index (κ2) is 13.3. The van der Waals surface area contributed by atoms with E-state index in [-0.39, 0.29) is 30.8 Å². The summed E-state index contributed by atoms with van der Waals surface area (Å²) in [5.74, 6) is 3.20. The molecule has 170 valence electrons. The molecule has 0 aromatic heterocycles. The van der Waals surface area contributed by atoms with E-state index in [1.54, 1.807) is 7.11 Å². The van der Waals surface area contributed by atoms with E-state index in [9.17, 15) is 0 Å². The zero-order valence-corrected chi connectivity index (χ0v) is 20.7. The highest BCUT2D eigenvalue weighted by atomic mass is 127. The summed E-state index contributed by atoms with van der Waals surface area (Å²) >= 11 is 0. The zero-order chi connectivity index (χ0) is 21.2. The average Bonchev–Trinajstić information content (AvgIpc) is 3.22. The molecular weight excluding hydrogens is 509 g/mol. The van der Waals surface area contributed by atoms with Crippen molar-refractivity contribution in [2.45, 2.75) is 33.4 Å². The van der Waals surface area contributed by atoms with Gasteiger partial charge in [-0.2, -0.15) is 0 Å². The van der Waals surface area contributed by atoms with Crippen molar-refractivity contribution in [1.29, 1.82) is 0 Å². The minimum atomic E-state index is 0. The summed E-state index contributed by atoms with van der Waals surface area (Å²) < 4.78 is 21.9. The highest BCUT2D eigenvalue weighted by molar-refractivity contribution is 14.0. The molecule has 1 aliphatic heterocycles. The Labute approximate surface area is 201 Å². The maximum absolute atomic E-state index is 5.98. The highest BCUT2D eigenvalue weighted by Crippen LogP contribution is 2.32. The fourth-order valence-corrected chi connectivity index (χ4v) is 3.06. The van der Waals surface area contributed by atoms with Crippen LogP contribution in [0.5, 0.6) is 17.2 Å². The van der Waals surface area contributed by atoms with Crippen molar-refractivity contribution in [3.05, 3.63) is 53.1 Å². The van der Waals surface area contributed by atoms with E-state index in [2.05, 4.69) is 35.8 Å². The molecule has 0 spiro atoms. The molecule has 0 amide bonds. The van der Waals surface area contributed by atoms with Gasteiger partial charge in [0.05, 0.1) is 13.2 Å². The summed E-state index contributed by atoms with van der Waals surface area (Å²) in [6.45, 7) is 7.65. The standard InChI is InChI=1S/C23H31N3O4.HI/c1-4-24-23(25-14-18-7-9-20-22(13-18)30-16-29-20)26-15-19-8-6-17(2)12-21(19)28-11-5-10-27-3;/h6-9,12-13H,4-5,10-11,14-16H2,1-3H3,(H2,24,25,26);1H. The molecule has 2 N–H and O–H groups in total. The minimum absolute atomic E-state index is 0. The van der Waals surface area contributed by atoms with Gasteiger partial charge in [0.1, 0.15) is 5.75 Å². The van der Waals surface area contributed by atoms with E-state index in [1.165, 1.54) is 5.56 Å². The quantitative estimate of drug-likeness (QED) is 0.205. The molecule has 0 saturated carbocycles. The first kappa shape index (κ1) is 25.1. The van der Waals surface area contributed by atoms with Crippen molar-refractivity contribution >= 4 is 29.9 Å². The van der Waals surface area contributed by atoms with Crippen molar-refractivity contribution in [3.63, 3.8) is 0 Å². The summed E-state index contributed by atoms with van der Waals surface area (Å²) in [5, 5.41) is 6.69. The van der Waals surface area contributed by atoms with Gasteiger partial charge in [-0.15, -0.1) is 24.0 Å². The SMILES string of the molecule is CCNC(=NCc1ccc2c(c1)OCO2)NCc1ccc(C)cc1OCCCOC.I. The van der Waals surface area contributed by atoms with Gasteiger partial charge >= 0.3 is 0 Å². The van der Waals surface area contributed by atoms with Gasteiger partial charge in [-0.05, 0) is 43.2 Å². The number of hydrogen-bond donors (Lipinski definition) is 2. The van der Waals surface area contributed by atoms with Crippen LogP contribution in [0.4, 0.5) is 0 Å². The number of benzene rings is 2. The summed E-state index contributed by atoms with van der Waals surface area (Å²) in [7, 11) is 1.70. The van der Waals surface area contributed by atoms with E-state index in [4.69, 9.17) is 23.9 Å². The smallest absolute Gasteiger partial charge is 0.231 e. The second-order valence-electron chi connectivity index (χ2n) is 7.04. The molecule has 0 unspecified atom stereocenters. The average molecular weight is 541 g/mol. The first-order valence-corrected chi connectivity index (χ1v) is 10.3.